The van der Waals surface area contributed by atoms with Crippen LogP contribution in [-0.2, 0) is 4.79 Å². The molecule has 2 rings (SSSR count). The smallest absolute Gasteiger partial charge is 0.220 e. The van der Waals surface area contributed by atoms with Gasteiger partial charge >= 0.3 is 0 Å². The maximum Gasteiger partial charge on any atom is 0.220 e. The Morgan fingerprint density at radius 3 is 2.94 bits per heavy atom. The van der Waals surface area contributed by atoms with Gasteiger partial charge in [-0.05, 0) is 31.2 Å². The molecule has 4 heteroatoms. The van der Waals surface area contributed by atoms with Crippen molar-refractivity contribution in [3.05, 3.63) is 24.2 Å². The summed E-state index contributed by atoms with van der Waals surface area (Å²) in [6, 6.07) is 1.74. The Bertz CT molecular complexity index is 355. The first-order valence-electron chi connectivity index (χ1n) is 6.72. The van der Waals surface area contributed by atoms with Gasteiger partial charge in [0.1, 0.15) is 0 Å². The highest BCUT2D eigenvalue weighted by Crippen LogP contribution is 2.27. The van der Waals surface area contributed by atoms with Crippen molar-refractivity contribution in [1.82, 2.24) is 5.32 Å². The van der Waals surface area contributed by atoms with Gasteiger partial charge in [-0.25, -0.2) is 0 Å². The fourth-order valence-corrected chi connectivity index (χ4v) is 2.53. The van der Waals surface area contributed by atoms with Crippen molar-refractivity contribution in [2.75, 3.05) is 6.54 Å². The number of carbonyl (C=O) groups excluding carboxylic acids is 1. The van der Waals surface area contributed by atoms with Gasteiger partial charge in [0.25, 0.3) is 0 Å². The molecule has 1 saturated carbocycles. The van der Waals surface area contributed by atoms with Gasteiger partial charge in [-0.2, -0.15) is 0 Å². The van der Waals surface area contributed by atoms with E-state index in [1.807, 2.05) is 0 Å². The summed E-state index contributed by atoms with van der Waals surface area (Å²) in [6.07, 6.45) is 8.57. The number of rotatable bonds is 6. The number of carbonyl (C=O) groups is 1. The topological polar surface area (TPSA) is 62.5 Å². The Labute approximate surface area is 107 Å². The first-order valence-corrected chi connectivity index (χ1v) is 6.72. The van der Waals surface area contributed by atoms with E-state index in [1.165, 1.54) is 38.2 Å². The van der Waals surface area contributed by atoms with Crippen LogP contribution in [0.5, 0.6) is 0 Å². The van der Waals surface area contributed by atoms with Crippen LogP contribution in [0.25, 0.3) is 0 Å². The average Bonchev–Trinajstić information content (AvgIpc) is 3.00. The first-order chi connectivity index (χ1) is 8.75. The molecule has 100 valence electrons. The van der Waals surface area contributed by atoms with Crippen LogP contribution in [0.4, 0.5) is 0 Å². The van der Waals surface area contributed by atoms with Crippen LogP contribution in [0, 0.1) is 5.92 Å². The van der Waals surface area contributed by atoms with E-state index in [0.717, 1.165) is 5.56 Å². The van der Waals surface area contributed by atoms with Gasteiger partial charge in [-0.3, -0.25) is 4.79 Å². The van der Waals surface area contributed by atoms with Gasteiger partial charge in [-0.1, -0.05) is 12.8 Å². The van der Waals surface area contributed by atoms with E-state index in [9.17, 15) is 9.90 Å². The molecule has 0 bridgehead atoms. The quantitative estimate of drug-likeness (QED) is 0.816. The number of furan rings is 1. The van der Waals surface area contributed by atoms with Crippen molar-refractivity contribution in [2.24, 2.45) is 5.92 Å². The molecule has 1 amide bonds. The predicted molar refractivity (Wildman–Crippen MR) is 67.9 cm³/mol. The first kappa shape index (κ1) is 13.1. The normalized spacial score (nSPS) is 17.8. The summed E-state index contributed by atoms with van der Waals surface area (Å²) in [4.78, 5) is 11.7. The van der Waals surface area contributed by atoms with Crippen LogP contribution < -0.4 is 5.32 Å². The summed E-state index contributed by atoms with van der Waals surface area (Å²) < 4.78 is 4.90. The van der Waals surface area contributed by atoms with Crippen LogP contribution in [0.3, 0.4) is 0 Å². The Balaban J connectivity index is 1.61. The van der Waals surface area contributed by atoms with Gasteiger partial charge in [-0.15, -0.1) is 0 Å². The fraction of sp³-hybridized carbons (Fsp3) is 0.643. The highest BCUT2D eigenvalue weighted by molar-refractivity contribution is 5.76. The zero-order valence-electron chi connectivity index (χ0n) is 10.6. The third-order valence-corrected chi connectivity index (χ3v) is 3.62. The molecule has 1 aromatic heterocycles. The van der Waals surface area contributed by atoms with Crippen molar-refractivity contribution >= 4 is 5.91 Å². The molecule has 1 aromatic rings. The zero-order chi connectivity index (χ0) is 12.8. The highest BCUT2D eigenvalue weighted by atomic mass is 16.3. The lowest BCUT2D eigenvalue weighted by atomic mass is 10.0. The number of hydrogen-bond donors (Lipinski definition) is 2. The second-order valence-corrected chi connectivity index (χ2v) is 5.07. The van der Waals surface area contributed by atoms with Crippen LogP contribution >= 0.6 is 0 Å². The number of nitrogens with one attached hydrogen (secondary N) is 1. The molecule has 0 spiro atoms. The molecule has 1 heterocycles. The highest BCUT2D eigenvalue weighted by Gasteiger charge is 2.18. The SMILES string of the molecule is O=C(CC1CCCC1)NCC[C@H](O)c1ccoc1. The maximum absolute atomic E-state index is 11.7. The van der Waals surface area contributed by atoms with Crippen molar-refractivity contribution in [3.8, 4) is 0 Å². The number of hydrogen-bond acceptors (Lipinski definition) is 3. The Morgan fingerprint density at radius 2 is 2.28 bits per heavy atom. The maximum atomic E-state index is 11.7. The van der Waals surface area contributed by atoms with Gasteiger partial charge in [0.05, 0.1) is 18.6 Å². The van der Waals surface area contributed by atoms with Crippen molar-refractivity contribution in [2.45, 2.75) is 44.6 Å². The molecular weight excluding hydrogens is 230 g/mol. The number of aliphatic hydroxyl groups excluding tert-OH is 1. The molecule has 18 heavy (non-hydrogen) atoms. The summed E-state index contributed by atoms with van der Waals surface area (Å²) in [7, 11) is 0. The molecule has 1 fully saturated rings. The van der Waals surface area contributed by atoms with E-state index >= 15 is 0 Å². The Hall–Kier alpha value is -1.29. The summed E-state index contributed by atoms with van der Waals surface area (Å²) >= 11 is 0. The zero-order valence-corrected chi connectivity index (χ0v) is 10.6. The average molecular weight is 251 g/mol. The molecule has 0 aromatic carbocycles. The third kappa shape index (κ3) is 3.88. The van der Waals surface area contributed by atoms with Gasteiger partial charge in [0.2, 0.25) is 5.91 Å². The van der Waals surface area contributed by atoms with Crippen LogP contribution in [-0.4, -0.2) is 17.6 Å². The van der Waals surface area contributed by atoms with Crippen LogP contribution in [0.15, 0.2) is 23.0 Å². The van der Waals surface area contributed by atoms with E-state index in [4.69, 9.17) is 4.42 Å². The third-order valence-electron chi connectivity index (χ3n) is 3.62. The minimum atomic E-state index is -0.560. The minimum absolute atomic E-state index is 0.112. The second-order valence-electron chi connectivity index (χ2n) is 5.07. The molecule has 1 aliphatic carbocycles. The van der Waals surface area contributed by atoms with Crippen LogP contribution in [0.2, 0.25) is 0 Å². The van der Waals surface area contributed by atoms with Gasteiger partial charge in [0, 0.05) is 18.5 Å². The van der Waals surface area contributed by atoms with E-state index in [1.54, 1.807) is 6.07 Å². The van der Waals surface area contributed by atoms with E-state index in [-0.39, 0.29) is 5.91 Å². The molecule has 0 saturated heterocycles. The van der Waals surface area contributed by atoms with Crippen LogP contribution in [0.1, 0.15) is 50.2 Å². The van der Waals surface area contributed by atoms with Crippen molar-refractivity contribution in [1.29, 1.82) is 0 Å². The Morgan fingerprint density at radius 1 is 1.50 bits per heavy atom. The molecule has 1 aliphatic rings. The van der Waals surface area contributed by atoms with Gasteiger partial charge < -0.3 is 14.8 Å². The number of amides is 1. The molecule has 4 nitrogen and oxygen atoms in total. The van der Waals surface area contributed by atoms with Crippen molar-refractivity contribution in [3.63, 3.8) is 0 Å². The summed E-state index contributed by atoms with van der Waals surface area (Å²) in [5, 5.41) is 12.7. The molecular formula is C14H21NO3. The standard InChI is InChI=1S/C14H21NO3/c16-13(12-6-8-18-10-12)5-7-15-14(17)9-11-3-1-2-4-11/h6,8,10-11,13,16H,1-5,7,9H2,(H,15,17)/t13-/m0/s1. The van der Waals surface area contributed by atoms with E-state index < -0.39 is 6.10 Å². The fourth-order valence-electron chi connectivity index (χ4n) is 2.53. The summed E-state index contributed by atoms with van der Waals surface area (Å²) in [6.45, 7) is 0.512. The lowest BCUT2D eigenvalue weighted by Gasteiger charge is -2.11. The Kier molecular flexibility index (Phi) is 4.81. The summed E-state index contributed by atoms with van der Waals surface area (Å²) in [5.41, 5.74) is 0.764. The molecule has 0 unspecified atom stereocenters. The van der Waals surface area contributed by atoms with E-state index in [0.29, 0.717) is 25.3 Å². The predicted octanol–water partition coefficient (Wildman–Crippen LogP) is 2.40. The lowest BCUT2D eigenvalue weighted by molar-refractivity contribution is -0.122. The van der Waals surface area contributed by atoms with Gasteiger partial charge in [0.15, 0.2) is 0 Å². The van der Waals surface area contributed by atoms with E-state index in [2.05, 4.69) is 5.32 Å². The largest absolute Gasteiger partial charge is 0.472 e. The lowest BCUT2D eigenvalue weighted by Crippen LogP contribution is -2.27. The molecule has 0 radical (unpaired) electrons. The molecule has 1 atom stereocenters. The molecule has 2 N–H and O–H groups in total. The summed E-state index contributed by atoms with van der Waals surface area (Å²) in [5.74, 6) is 0.685. The van der Waals surface area contributed by atoms with Crippen molar-refractivity contribution < 1.29 is 14.3 Å². The second kappa shape index (κ2) is 6.59. The number of aliphatic hydroxyl groups is 1. The molecule has 0 aliphatic heterocycles. The monoisotopic (exact) mass is 251 g/mol. The minimum Gasteiger partial charge on any atom is -0.472 e.